The van der Waals surface area contributed by atoms with Crippen molar-refractivity contribution in [3.63, 3.8) is 0 Å². The average Bonchev–Trinajstić information content (AvgIpc) is 2.80. The zero-order valence-corrected chi connectivity index (χ0v) is 17.4. The van der Waals surface area contributed by atoms with E-state index in [1.807, 2.05) is 0 Å². The molecule has 0 heterocycles. The van der Waals surface area contributed by atoms with E-state index in [4.69, 9.17) is 0 Å². The Balaban J connectivity index is 1.59. The number of halogens is 6. The fourth-order valence-corrected chi connectivity index (χ4v) is 3.09. The zero-order chi connectivity index (χ0) is 24.9. The first-order chi connectivity index (χ1) is 15.9. The summed E-state index contributed by atoms with van der Waals surface area (Å²) in [5.74, 6) is -1.37. The fraction of sp³-hybridized carbons (Fsp3) is 0.167. The molecule has 0 saturated heterocycles. The minimum atomic E-state index is -4.57. The molecule has 10 heteroatoms. The number of benzene rings is 3. The standard InChI is InChI=1S/C24H18F6N2O2/c25-23(26,27)19-8-2-6-17(11-19)21(33)31-13-15-4-1-5-16(10-15)14-32-22(34)18-7-3-9-20(12-18)24(28,29)30/h1-12H,13-14H2,(H,31,33)(H,32,34). The Morgan fingerprint density at radius 2 is 0.971 bits per heavy atom. The van der Waals surface area contributed by atoms with Crippen LogP contribution < -0.4 is 10.6 Å². The van der Waals surface area contributed by atoms with Crippen molar-refractivity contribution in [3.8, 4) is 0 Å². The summed E-state index contributed by atoms with van der Waals surface area (Å²) in [7, 11) is 0. The van der Waals surface area contributed by atoms with Crippen LogP contribution in [0.25, 0.3) is 0 Å². The topological polar surface area (TPSA) is 58.2 Å². The predicted molar refractivity (Wildman–Crippen MR) is 112 cm³/mol. The van der Waals surface area contributed by atoms with E-state index in [0.717, 1.165) is 36.4 Å². The van der Waals surface area contributed by atoms with Crippen LogP contribution in [0.2, 0.25) is 0 Å². The minimum absolute atomic E-state index is 0.0183. The molecule has 2 N–H and O–H groups in total. The van der Waals surface area contributed by atoms with Crippen molar-refractivity contribution in [1.29, 1.82) is 0 Å². The molecule has 0 aliphatic heterocycles. The van der Waals surface area contributed by atoms with Crippen LogP contribution in [0.15, 0.2) is 72.8 Å². The molecule has 0 saturated carbocycles. The maximum Gasteiger partial charge on any atom is 0.416 e. The summed E-state index contributed by atoms with van der Waals surface area (Å²) >= 11 is 0. The molecule has 3 aromatic carbocycles. The van der Waals surface area contributed by atoms with Gasteiger partial charge in [0, 0.05) is 24.2 Å². The lowest BCUT2D eigenvalue weighted by atomic mass is 10.1. The number of rotatable bonds is 6. The highest BCUT2D eigenvalue weighted by Gasteiger charge is 2.31. The van der Waals surface area contributed by atoms with Gasteiger partial charge in [0.25, 0.3) is 11.8 Å². The number of carbonyl (C=O) groups is 2. The van der Waals surface area contributed by atoms with Gasteiger partial charge in [0.2, 0.25) is 0 Å². The van der Waals surface area contributed by atoms with Crippen molar-refractivity contribution in [1.82, 2.24) is 10.6 Å². The molecule has 0 spiro atoms. The number of nitrogens with one attached hydrogen (secondary N) is 2. The summed E-state index contributed by atoms with van der Waals surface area (Å²) in [6.45, 7) is 0.0367. The number of alkyl halides is 6. The summed E-state index contributed by atoms with van der Waals surface area (Å²) in [4.78, 5) is 24.5. The van der Waals surface area contributed by atoms with Gasteiger partial charge in [0.15, 0.2) is 0 Å². The van der Waals surface area contributed by atoms with Gasteiger partial charge in [0.05, 0.1) is 11.1 Å². The Morgan fingerprint density at radius 3 is 1.35 bits per heavy atom. The van der Waals surface area contributed by atoms with Crippen LogP contribution in [0, 0.1) is 0 Å². The van der Waals surface area contributed by atoms with Crippen molar-refractivity contribution in [3.05, 3.63) is 106 Å². The minimum Gasteiger partial charge on any atom is -0.348 e. The third kappa shape index (κ3) is 6.60. The molecule has 0 aliphatic carbocycles. The zero-order valence-electron chi connectivity index (χ0n) is 17.4. The first-order valence-corrected chi connectivity index (χ1v) is 9.92. The second-order valence-electron chi connectivity index (χ2n) is 7.34. The van der Waals surface area contributed by atoms with E-state index < -0.39 is 35.3 Å². The lowest BCUT2D eigenvalue weighted by Gasteiger charge is -2.11. The van der Waals surface area contributed by atoms with Crippen LogP contribution >= 0.6 is 0 Å². The molecule has 178 valence electrons. The molecular weight excluding hydrogens is 462 g/mol. The molecule has 0 aliphatic rings. The first kappa shape index (κ1) is 24.8. The van der Waals surface area contributed by atoms with E-state index in [9.17, 15) is 35.9 Å². The monoisotopic (exact) mass is 480 g/mol. The molecule has 0 bridgehead atoms. The maximum absolute atomic E-state index is 12.8. The van der Waals surface area contributed by atoms with Gasteiger partial charge in [-0.25, -0.2) is 0 Å². The molecule has 0 radical (unpaired) electrons. The molecule has 0 aromatic heterocycles. The number of hydrogen-bond donors (Lipinski definition) is 2. The van der Waals surface area contributed by atoms with Gasteiger partial charge in [-0.15, -0.1) is 0 Å². The highest BCUT2D eigenvalue weighted by Crippen LogP contribution is 2.30. The van der Waals surface area contributed by atoms with Crippen molar-refractivity contribution in [2.24, 2.45) is 0 Å². The third-order valence-corrected chi connectivity index (χ3v) is 4.80. The second kappa shape index (κ2) is 9.98. The normalized spacial score (nSPS) is 11.7. The fourth-order valence-electron chi connectivity index (χ4n) is 3.09. The Labute approximate surface area is 190 Å². The van der Waals surface area contributed by atoms with Crippen molar-refractivity contribution in [2.45, 2.75) is 25.4 Å². The highest BCUT2D eigenvalue weighted by atomic mass is 19.4. The molecule has 0 unspecified atom stereocenters. The largest absolute Gasteiger partial charge is 0.416 e. The third-order valence-electron chi connectivity index (χ3n) is 4.80. The molecule has 0 fully saturated rings. The molecule has 2 amide bonds. The van der Waals surface area contributed by atoms with Gasteiger partial charge >= 0.3 is 12.4 Å². The molecular formula is C24H18F6N2O2. The van der Waals surface area contributed by atoms with Crippen molar-refractivity contribution < 1.29 is 35.9 Å². The second-order valence-corrected chi connectivity index (χ2v) is 7.34. The predicted octanol–water partition coefficient (Wildman–Crippen LogP) is 5.58. The van der Waals surface area contributed by atoms with Gasteiger partial charge in [-0.1, -0.05) is 36.4 Å². The lowest BCUT2D eigenvalue weighted by Crippen LogP contribution is -2.24. The van der Waals surface area contributed by atoms with Gasteiger partial charge < -0.3 is 10.6 Å². The van der Waals surface area contributed by atoms with E-state index in [-0.39, 0.29) is 24.2 Å². The van der Waals surface area contributed by atoms with E-state index in [1.165, 1.54) is 12.1 Å². The van der Waals surface area contributed by atoms with Crippen LogP contribution in [0.1, 0.15) is 43.0 Å². The molecule has 34 heavy (non-hydrogen) atoms. The van der Waals surface area contributed by atoms with Crippen LogP contribution in [-0.2, 0) is 25.4 Å². The summed E-state index contributed by atoms with van der Waals surface area (Å²) in [5.41, 5.74) is -0.909. The quantitative estimate of drug-likeness (QED) is 0.453. The Hall–Kier alpha value is -3.82. The smallest absolute Gasteiger partial charge is 0.348 e. The summed E-state index contributed by atoms with van der Waals surface area (Å²) in [6, 6.07) is 14.7. The van der Waals surface area contributed by atoms with Gasteiger partial charge in [-0.2, -0.15) is 26.3 Å². The summed E-state index contributed by atoms with van der Waals surface area (Å²) in [5, 5.41) is 5.06. The van der Waals surface area contributed by atoms with E-state index in [0.29, 0.717) is 11.1 Å². The van der Waals surface area contributed by atoms with Crippen molar-refractivity contribution >= 4 is 11.8 Å². The van der Waals surface area contributed by atoms with Crippen LogP contribution in [0.3, 0.4) is 0 Å². The Bertz CT molecular complexity index is 1100. The maximum atomic E-state index is 12.8. The number of hydrogen-bond acceptors (Lipinski definition) is 2. The number of amides is 2. The van der Waals surface area contributed by atoms with Crippen molar-refractivity contribution in [2.75, 3.05) is 0 Å². The first-order valence-electron chi connectivity index (χ1n) is 9.92. The molecule has 3 rings (SSSR count). The van der Waals surface area contributed by atoms with Crippen LogP contribution in [0.4, 0.5) is 26.3 Å². The summed E-state index contributed by atoms with van der Waals surface area (Å²) < 4.78 is 76.9. The van der Waals surface area contributed by atoms with E-state index in [2.05, 4.69) is 10.6 Å². The Morgan fingerprint density at radius 1 is 0.588 bits per heavy atom. The van der Waals surface area contributed by atoms with Crippen LogP contribution in [-0.4, -0.2) is 11.8 Å². The number of carbonyl (C=O) groups excluding carboxylic acids is 2. The highest BCUT2D eigenvalue weighted by molar-refractivity contribution is 5.94. The molecule has 3 aromatic rings. The van der Waals surface area contributed by atoms with Gasteiger partial charge in [-0.05, 0) is 47.5 Å². The Kier molecular flexibility index (Phi) is 7.29. The van der Waals surface area contributed by atoms with Gasteiger partial charge in [-0.3, -0.25) is 9.59 Å². The molecule has 0 atom stereocenters. The molecule has 4 nitrogen and oxygen atoms in total. The SMILES string of the molecule is O=C(NCc1cccc(CNC(=O)c2cccc(C(F)(F)F)c2)c1)c1cccc(C(F)(F)F)c1. The lowest BCUT2D eigenvalue weighted by molar-refractivity contribution is -0.138. The van der Waals surface area contributed by atoms with E-state index >= 15 is 0 Å². The van der Waals surface area contributed by atoms with E-state index in [1.54, 1.807) is 24.3 Å². The van der Waals surface area contributed by atoms with Crippen LogP contribution in [0.5, 0.6) is 0 Å². The average molecular weight is 480 g/mol. The van der Waals surface area contributed by atoms with Gasteiger partial charge in [0.1, 0.15) is 0 Å². The summed E-state index contributed by atoms with van der Waals surface area (Å²) in [6.07, 6.45) is -9.13.